The third-order valence-electron chi connectivity index (χ3n) is 5.02. The quantitative estimate of drug-likeness (QED) is 0.431. The van der Waals surface area contributed by atoms with Crippen LogP contribution in [-0.2, 0) is 13.1 Å². The Morgan fingerprint density at radius 3 is 2.73 bits per heavy atom. The van der Waals surface area contributed by atoms with Gasteiger partial charge >= 0.3 is 0 Å². The molecular formula is C21H16Cl2FN5O. The molecule has 0 N–H and O–H groups in total. The molecule has 0 unspecified atom stereocenters. The van der Waals surface area contributed by atoms with Crippen LogP contribution in [-0.4, -0.2) is 37.6 Å². The summed E-state index contributed by atoms with van der Waals surface area (Å²) in [6.07, 6.45) is 5.12. The highest BCUT2D eigenvalue weighted by molar-refractivity contribution is 6.32. The zero-order valence-corrected chi connectivity index (χ0v) is 17.2. The van der Waals surface area contributed by atoms with Crippen LogP contribution in [0, 0.1) is 5.82 Å². The Labute approximate surface area is 181 Å². The molecule has 6 nitrogen and oxygen atoms in total. The van der Waals surface area contributed by atoms with Gasteiger partial charge in [-0.05, 0) is 35.9 Å². The van der Waals surface area contributed by atoms with Gasteiger partial charge in [0.2, 0.25) is 5.28 Å². The van der Waals surface area contributed by atoms with E-state index in [1.807, 2.05) is 16.7 Å². The zero-order chi connectivity index (χ0) is 20.7. The molecule has 30 heavy (non-hydrogen) atoms. The lowest BCUT2D eigenvalue weighted by molar-refractivity contribution is 0.219. The first-order chi connectivity index (χ1) is 14.6. The van der Waals surface area contributed by atoms with Crippen LogP contribution in [0.3, 0.4) is 0 Å². The van der Waals surface area contributed by atoms with E-state index in [0.29, 0.717) is 36.0 Å². The third kappa shape index (κ3) is 3.71. The fourth-order valence-corrected chi connectivity index (χ4v) is 4.04. The first-order valence-electron chi connectivity index (χ1n) is 9.34. The van der Waals surface area contributed by atoms with Crippen LogP contribution in [0.15, 0.2) is 49.1 Å². The van der Waals surface area contributed by atoms with Gasteiger partial charge in [0.05, 0.1) is 16.1 Å². The number of nitrogens with zero attached hydrogens (tertiary/aromatic N) is 5. The summed E-state index contributed by atoms with van der Waals surface area (Å²) in [6.45, 7) is 2.56. The fraction of sp³-hybridized carbons (Fsp3) is 0.190. The lowest BCUT2D eigenvalue weighted by Gasteiger charge is -2.19. The van der Waals surface area contributed by atoms with Crippen molar-refractivity contribution < 1.29 is 9.13 Å². The minimum absolute atomic E-state index is 0.229. The Balaban J connectivity index is 1.49. The summed E-state index contributed by atoms with van der Waals surface area (Å²) in [5.74, 6) is 0.369. The van der Waals surface area contributed by atoms with E-state index in [1.165, 1.54) is 12.1 Å². The van der Waals surface area contributed by atoms with Crippen molar-refractivity contribution in [2.45, 2.75) is 13.1 Å². The lowest BCUT2D eigenvalue weighted by atomic mass is 10.1. The van der Waals surface area contributed by atoms with Crippen LogP contribution in [0.2, 0.25) is 10.3 Å². The van der Waals surface area contributed by atoms with E-state index in [1.54, 1.807) is 24.8 Å². The van der Waals surface area contributed by atoms with E-state index in [2.05, 4.69) is 19.9 Å². The van der Waals surface area contributed by atoms with Crippen LogP contribution in [0.1, 0.15) is 11.1 Å². The number of hydrogen-bond donors (Lipinski definition) is 0. The molecule has 1 aliphatic rings. The molecule has 3 heterocycles. The van der Waals surface area contributed by atoms with Crippen molar-refractivity contribution in [1.82, 2.24) is 24.4 Å². The molecule has 2 aromatic carbocycles. The second-order valence-corrected chi connectivity index (χ2v) is 7.83. The standard InChI is InChI=1S/C21H16Cl2FN5O/c22-17-7-16(29-12-27-18-6-15(24)1-2-19(18)29)5-14-11-28(3-4-30-20(14)17)10-13-8-25-21(23)26-9-13/h1-2,5-9,12H,3-4,10-11H2. The Morgan fingerprint density at radius 1 is 1.07 bits per heavy atom. The third-order valence-corrected chi connectivity index (χ3v) is 5.50. The molecule has 0 fully saturated rings. The fourth-order valence-electron chi connectivity index (χ4n) is 3.65. The highest BCUT2D eigenvalue weighted by atomic mass is 35.5. The molecule has 0 atom stereocenters. The van der Waals surface area contributed by atoms with Crippen molar-refractivity contribution in [3.05, 3.63) is 76.3 Å². The Hall–Kier alpha value is -2.74. The maximum absolute atomic E-state index is 13.5. The number of fused-ring (bicyclic) bond motifs is 2. The first kappa shape index (κ1) is 19.2. The highest BCUT2D eigenvalue weighted by Gasteiger charge is 2.20. The lowest BCUT2D eigenvalue weighted by Crippen LogP contribution is -2.25. The van der Waals surface area contributed by atoms with Crippen molar-refractivity contribution in [3.8, 4) is 11.4 Å². The summed E-state index contributed by atoms with van der Waals surface area (Å²) >= 11 is 12.3. The minimum Gasteiger partial charge on any atom is -0.490 e. The summed E-state index contributed by atoms with van der Waals surface area (Å²) < 4.78 is 21.4. The van der Waals surface area contributed by atoms with Gasteiger partial charge in [-0.2, -0.15) is 0 Å². The number of benzene rings is 2. The van der Waals surface area contributed by atoms with E-state index >= 15 is 0 Å². The maximum Gasteiger partial charge on any atom is 0.222 e. The molecule has 0 spiro atoms. The molecule has 1 aliphatic heterocycles. The summed E-state index contributed by atoms with van der Waals surface area (Å²) in [7, 11) is 0. The second kappa shape index (κ2) is 7.83. The molecule has 0 amide bonds. The predicted molar refractivity (Wildman–Crippen MR) is 113 cm³/mol. The average Bonchev–Trinajstić information content (AvgIpc) is 3.02. The maximum atomic E-state index is 13.5. The number of hydrogen-bond acceptors (Lipinski definition) is 5. The van der Waals surface area contributed by atoms with E-state index in [-0.39, 0.29) is 11.1 Å². The molecule has 9 heteroatoms. The molecule has 2 aromatic heterocycles. The Morgan fingerprint density at radius 2 is 1.90 bits per heavy atom. The Bertz CT molecular complexity index is 1230. The van der Waals surface area contributed by atoms with E-state index in [4.69, 9.17) is 27.9 Å². The number of ether oxygens (including phenoxy) is 1. The van der Waals surface area contributed by atoms with Gasteiger partial charge in [0.25, 0.3) is 0 Å². The first-order valence-corrected chi connectivity index (χ1v) is 10.1. The number of imidazole rings is 1. The molecule has 0 saturated carbocycles. The van der Waals surface area contributed by atoms with Gasteiger partial charge in [-0.25, -0.2) is 19.3 Å². The largest absolute Gasteiger partial charge is 0.490 e. The van der Waals surface area contributed by atoms with Gasteiger partial charge < -0.3 is 4.74 Å². The van der Waals surface area contributed by atoms with Crippen molar-refractivity contribution >= 4 is 34.2 Å². The van der Waals surface area contributed by atoms with Gasteiger partial charge in [0.1, 0.15) is 24.5 Å². The van der Waals surface area contributed by atoms with Crippen LogP contribution in [0.25, 0.3) is 16.7 Å². The van der Waals surface area contributed by atoms with Crippen molar-refractivity contribution in [2.75, 3.05) is 13.2 Å². The van der Waals surface area contributed by atoms with Gasteiger partial charge in [-0.1, -0.05) is 11.6 Å². The van der Waals surface area contributed by atoms with Crippen LogP contribution in [0.5, 0.6) is 5.75 Å². The van der Waals surface area contributed by atoms with Crippen molar-refractivity contribution in [2.24, 2.45) is 0 Å². The van der Waals surface area contributed by atoms with Crippen LogP contribution >= 0.6 is 23.2 Å². The molecule has 5 rings (SSSR count). The topological polar surface area (TPSA) is 56.1 Å². The van der Waals surface area contributed by atoms with Gasteiger partial charge in [-0.15, -0.1) is 0 Å². The van der Waals surface area contributed by atoms with Crippen LogP contribution < -0.4 is 4.74 Å². The van der Waals surface area contributed by atoms with E-state index < -0.39 is 0 Å². The monoisotopic (exact) mass is 443 g/mol. The van der Waals surface area contributed by atoms with Crippen LogP contribution in [0.4, 0.5) is 4.39 Å². The van der Waals surface area contributed by atoms with E-state index in [0.717, 1.165) is 28.9 Å². The predicted octanol–water partition coefficient (Wildman–Crippen LogP) is 4.66. The van der Waals surface area contributed by atoms with Crippen molar-refractivity contribution in [1.29, 1.82) is 0 Å². The Kier molecular flexibility index (Phi) is 5.02. The average molecular weight is 444 g/mol. The SMILES string of the molecule is Fc1ccc2c(c1)ncn2-c1cc(Cl)c2c(c1)CN(Cc1cnc(Cl)nc1)CCO2. The normalized spacial score (nSPS) is 14.4. The minimum atomic E-state index is -0.317. The molecule has 152 valence electrons. The number of rotatable bonds is 3. The highest BCUT2D eigenvalue weighted by Crippen LogP contribution is 2.35. The summed E-state index contributed by atoms with van der Waals surface area (Å²) in [6, 6.07) is 8.41. The summed E-state index contributed by atoms with van der Waals surface area (Å²) in [4.78, 5) is 14.6. The summed E-state index contributed by atoms with van der Waals surface area (Å²) in [5, 5.41) is 0.760. The molecule has 4 aromatic rings. The molecule has 0 aliphatic carbocycles. The second-order valence-electron chi connectivity index (χ2n) is 7.08. The number of aromatic nitrogens is 4. The molecular weight excluding hydrogens is 428 g/mol. The van der Waals surface area contributed by atoms with E-state index in [9.17, 15) is 4.39 Å². The van der Waals surface area contributed by atoms with Crippen molar-refractivity contribution in [3.63, 3.8) is 0 Å². The summed E-state index contributed by atoms with van der Waals surface area (Å²) in [5.41, 5.74) is 4.16. The van der Waals surface area contributed by atoms with Gasteiger partial charge in [0.15, 0.2) is 0 Å². The number of halogens is 3. The molecule has 0 radical (unpaired) electrons. The zero-order valence-electron chi connectivity index (χ0n) is 15.7. The van der Waals surface area contributed by atoms with Gasteiger partial charge in [-0.3, -0.25) is 9.47 Å². The molecule has 0 bridgehead atoms. The van der Waals surface area contributed by atoms with Gasteiger partial charge in [0, 0.05) is 54.9 Å². The smallest absolute Gasteiger partial charge is 0.222 e. The molecule has 0 saturated heterocycles.